The van der Waals surface area contributed by atoms with Gasteiger partial charge in [0, 0.05) is 18.0 Å². The molecule has 1 saturated carbocycles. The third kappa shape index (κ3) is 4.12. The summed E-state index contributed by atoms with van der Waals surface area (Å²) in [5.41, 5.74) is 5.46. The number of hydrogen-bond donors (Lipinski definition) is 1. The van der Waals surface area contributed by atoms with Crippen LogP contribution in [0.15, 0.2) is 36.8 Å². The fourth-order valence-electron chi connectivity index (χ4n) is 4.10. The molecule has 1 aromatic carbocycles. The van der Waals surface area contributed by atoms with Crippen LogP contribution in [0.3, 0.4) is 0 Å². The van der Waals surface area contributed by atoms with Crippen molar-refractivity contribution in [2.45, 2.75) is 50.4 Å². The van der Waals surface area contributed by atoms with Gasteiger partial charge < -0.3 is 9.88 Å². The topological polar surface area (TPSA) is 55.6 Å². The van der Waals surface area contributed by atoms with E-state index in [1.807, 2.05) is 12.5 Å². The molecule has 0 radical (unpaired) electrons. The molecule has 1 aliphatic carbocycles. The fraction of sp³-hybridized carbons (Fsp3) is 0.409. The summed E-state index contributed by atoms with van der Waals surface area (Å²) in [6.45, 7) is 0.768. The monoisotopic (exact) mass is 423 g/mol. The Kier molecular flexibility index (Phi) is 5.42. The molecule has 0 unspecified atom stereocenters. The van der Waals surface area contributed by atoms with Crippen LogP contribution in [-0.4, -0.2) is 31.8 Å². The molecule has 7 heteroatoms. The number of fused-ring (bicyclic) bond motifs is 2. The van der Waals surface area contributed by atoms with Crippen molar-refractivity contribution in [2.24, 2.45) is 0 Å². The van der Waals surface area contributed by atoms with Gasteiger partial charge in [-0.15, -0.1) is 0 Å². The van der Waals surface area contributed by atoms with Crippen molar-refractivity contribution in [1.29, 1.82) is 0 Å². The lowest BCUT2D eigenvalue weighted by molar-refractivity contribution is 0.462. The van der Waals surface area contributed by atoms with Crippen LogP contribution in [0.4, 0.5) is 5.13 Å². The Hall–Kier alpha value is -2.12. The van der Waals surface area contributed by atoms with Crippen molar-refractivity contribution < 1.29 is 0 Å². The van der Waals surface area contributed by atoms with Gasteiger partial charge in [-0.05, 0) is 48.4 Å². The first-order chi connectivity index (χ1) is 14.3. The minimum absolute atomic E-state index is 0.586. The predicted molar refractivity (Wildman–Crippen MR) is 124 cm³/mol. The van der Waals surface area contributed by atoms with Crippen LogP contribution in [0.2, 0.25) is 0 Å². The van der Waals surface area contributed by atoms with Gasteiger partial charge in [-0.3, -0.25) is 0 Å². The van der Waals surface area contributed by atoms with Crippen molar-refractivity contribution in [3.63, 3.8) is 0 Å². The molecule has 5 rings (SSSR count). The molecule has 3 heterocycles. The lowest BCUT2D eigenvalue weighted by atomic mass is 9.96. The molecule has 0 atom stereocenters. The van der Waals surface area contributed by atoms with Crippen LogP contribution in [0.5, 0.6) is 0 Å². The van der Waals surface area contributed by atoms with E-state index >= 15 is 0 Å². The maximum absolute atomic E-state index is 4.80. The largest absolute Gasteiger partial charge is 0.359 e. The van der Waals surface area contributed by atoms with E-state index in [-0.39, 0.29) is 0 Å². The molecule has 4 aromatic rings. The highest BCUT2D eigenvalue weighted by molar-refractivity contribution is 7.97. The fourth-order valence-corrected chi connectivity index (χ4v) is 5.60. The minimum atomic E-state index is 0.586. The van der Waals surface area contributed by atoms with E-state index in [9.17, 15) is 0 Å². The van der Waals surface area contributed by atoms with Gasteiger partial charge in [0.2, 0.25) is 0 Å². The Balaban J connectivity index is 1.35. The van der Waals surface area contributed by atoms with Crippen LogP contribution in [0.1, 0.15) is 43.2 Å². The number of rotatable bonds is 6. The zero-order chi connectivity index (χ0) is 19.6. The normalized spacial score (nSPS) is 15.3. The molecule has 3 aromatic heterocycles. The number of nitrogens with zero attached hydrogens (tertiary/aromatic N) is 4. The highest BCUT2D eigenvalue weighted by atomic mass is 32.2. The van der Waals surface area contributed by atoms with Crippen LogP contribution in [0, 0.1) is 0 Å². The summed E-state index contributed by atoms with van der Waals surface area (Å²) in [7, 11) is 0. The molecule has 0 bridgehead atoms. The summed E-state index contributed by atoms with van der Waals surface area (Å²) in [5.74, 6) is 0.967. The van der Waals surface area contributed by atoms with E-state index < -0.39 is 0 Å². The van der Waals surface area contributed by atoms with Crippen molar-refractivity contribution in [3.8, 4) is 0 Å². The number of pyridine rings is 1. The quantitative estimate of drug-likeness (QED) is 0.431. The summed E-state index contributed by atoms with van der Waals surface area (Å²) in [5, 5.41) is 4.71. The van der Waals surface area contributed by atoms with Crippen molar-refractivity contribution in [1.82, 2.24) is 19.5 Å². The van der Waals surface area contributed by atoms with Crippen LogP contribution in [0.25, 0.3) is 21.4 Å². The Morgan fingerprint density at radius 3 is 2.86 bits per heavy atom. The summed E-state index contributed by atoms with van der Waals surface area (Å²) in [6, 6.07) is 9.29. The number of anilines is 1. The molecule has 1 N–H and O–H groups in total. The second-order valence-corrected chi connectivity index (χ2v) is 9.69. The Labute approximate surface area is 179 Å². The number of imidazole rings is 1. The van der Waals surface area contributed by atoms with Gasteiger partial charge in [0.15, 0.2) is 10.8 Å². The van der Waals surface area contributed by atoms with E-state index in [1.165, 1.54) is 47.9 Å². The van der Waals surface area contributed by atoms with Crippen LogP contribution < -0.4 is 5.32 Å². The number of hydrogen-bond acceptors (Lipinski definition) is 6. The van der Waals surface area contributed by atoms with Gasteiger partial charge in [0.1, 0.15) is 5.52 Å². The van der Waals surface area contributed by atoms with Crippen molar-refractivity contribution in [2.75, 3.05) is 11.6 Å². The SMILES string of the molecule is CSCc1cnc2c(c1)ncn2Cc1ccc2nc(NC3CCCCC3)sc2c1. The number of benzene rings is 1. The van der Waals surface area contributed by atoms with Gasteiger partial charge in [-0.25, -0.2) is 15.0 Å². The number of thioether (sulfide) groups is 1. The molecule has 29 heavy (non-hydrogen) atoms. The first-order valence-corrected chi connectivity index (χ1v) is 12.4. The summed E-state index contributed by atoms with van der Waals surface area (Å²) in [4.78, 5) is 14.0. The molecular formula is C22H25N5S2. The van der Waals surface area contributed by atoms with Gasteiger partial charge in [-0.1, -0.05) is 36.7 Å². The zero-order valence-electron chi connectivity index (χ0n) is 16.6. The Bertz CT molecular complexity index is 1130. The van der Waals surface area contributed by atoms with E-state index in [1.54, 1.807) is 23.1 Å². The highest BCUT2D eigenvalue weighted by Crippen LogP contribution is 2.30. The first-order valence-electron chi connectivity index (χ1n) is 10.2. The van der Waals surface area contributed by atoms with E-state index in [4.69, 9.17) is 4.98 Å². The Morgan fingerprint density at radius 1 is 1.10 bits per heavy atom. The van der Waals surface area contributed by atoms with E-state index in [2.05, 4.69) is 50.4 Å². The standard InChI is InChI=1S/C22H25N5S2/c1-28-13-16-9-19-21(23-11-16)27(14-24-19)12-15-7-8-18-20(10-15)29-22(26-18)25-17-5-3-2-4-6-17/h7-11,14,17H,2-6,12-13H2,1H3,(H,25,26). The molecule has 0 saturated heterocycles. The maximum Gasteiger partial charge on any atom is 0.184 e. The number of nitrogens with one attached hydrogen (secondary N) is 1. The van der Waals surface area contributed by atoms with Crippen molar-refractivity contribution >= 4 is 49.6 Å². The molecule has 1 aliphatic rings. The third-order valence-corrected chi connectivity index (χ3v) is 7.13. The van der Waals surface area contributed by atoms with Crippen molar-refractivity contribution in [3.05, 3.63) is 47.9 Å². The molecule has 1 fully saturated rings. The molecule has 0 aliphatic heterocycles. The minimum Gasteiger partial charge on any atom is -0.359 e. The number of thiazole rings is 1. The van der Waals surface area contributed by atoms with Crippen LogP contribution >= 0.6 is 23.1 Å². The van der Waals surface area contributed by atoms with E-state index in [0.717, 1.165) is 34.1 Å². The van der Waals surface area contributed by atoms with Gasteiger partial charge >= 0.3 is 0 Å². The summed E-state index contributed by atoms with van der Waals surface area (Å²) < 4.78 is 3.36. The molecular weight excluding hydrogens is 398 g/mol. The van der Waals surface area contributed by atoms with Gasteiger partial charge in [0.05, 0.1) is 23.1 Å². The second kappa shape index (κ2) is 8.32. The highest BCUT2D eigenvalue weighted by Gasteiger charge is 2.15. The number of aromatic nitrogens is 4. The van der Waals surface area contributed by atoms with Gasteiger partial charge in [0.25, 0.3) is 0 Å². The predicted octanol–water partition coefficient (Wildman–Crippen LogP) is 5.70. The lowest BCUT2D eigenvalue weighted by Crippen LogP contribution is -2.21. The maximum atomic E-state index is 4.80. The average molecular weight is 424 g/mol. The lowest BCUT2D eigenvalue weighted by Gasteiger charge is -2.22. The molecule has 0 spiro atoms. The molecule has 0 amide bonds. The summed E-state index contributed by atoms with van der Waals surface area (Å²) in [6.07, 6.45) is 12.5. The first kappa shape index (κ1) is 18.9. The average Bonchev–Trinajstić information content (AvgIpc) is 3.32. The van der Waals surface area contributed by atoms with Crippen LogP contribution in [-0.2, 0) is 12.3 Å². The summed E-state index contributed by atoms with van der Waals surface area (Å²) >= 11 is 3.57. The third-order valence-electron chi connectivity index (χ3n) is 5.56. The smallest absolute Gasteiger partial charge is 0.184 e. The zero-order valence-corrected chi connectivity index (χ0v) is 18.2. The van der Waals surface area contributed by atoms with Gasteiger partial charge in [-0.2, -0.15) is 11.8 Å². The second-order valence-electron chi connectivity index (χ2n) is 7.79. The molecule has 150 valence electrons. The molecule has 5 nitrogen and oxygen atoms in total. The van der Waals surface area contributed by atoms with E-state index in [0.29, 0.717) is 6.04 Å². The Morgan fingerprint density at radius 2 is 2.00 bits per heavy atom.